The lowest BCUT2D eigenvalue weighted by Crippen LogP contribution is -2.50. The van der Waals surface area contributed by atoms with Crippen molar-refractivity contribution in [2.45, 2.75) is 38.3 Å². The molecule has 1 aliphatic rings. The SMILES string of the molecule is CC(=O)[C@@H]1CCCC(=O)N1[C@@H](CO)c1ccccc1. The van der Waals surface area contributed by atoms with Crippen molar-refractivity contribution in [1.82, 2.24) is 4.90 Å². The van der Waals surface area contributed by atoms with Gasteiger partial charge >= 0.3 is 0 Å². The van der Waals surface area contributed by atoms with Crippen molar-refractivity contribution >= 4 is 11.7 Å². The van der Waals surface area contributed by atoms with E-state index in [0.717, 1.165) is 12.0 Å². The van der Waals surface area contributed by atoms with Gasteiger partial charge in [0.25, 0.3) is 0 Å². The molecule has 0 aromatic heterocycles. The Bertz CT molecular complexity index is 458. The van der Waals surface area contributed by atoms with E-state index in [1.807, 2.05) is 30.3 Å². The van der Waals surface area contributed by atoms with Crippen LogP contribution in [0.25, 0.3) is 0 Å². The third-order valence-electron chi connectivity index (χ3n) is 3.65. The van der Waals surface area contributed by atoms with Crippen LogP contribution in [0.5, 0.6) is 0 Å². The van der Waals surface area contributed by atoms with E-state index in [1.54, 1.807) is 4.90 Å². The fourth-order valence-corrected chi connectivity index (χ4v) is 2.71. The molecule has 1 saturated heterocycles. The zero-order valence-corrected chi connectivity index (χ0v) is 11.1. The van der Waals surface area contributed by atoms with Crippen LogP contribution in [0.4, 0.5) is 0 Å². The topological polar surface area (TPSA) is 57.6 Å². The lowest BCUT2D eigenvalue weighted by atomic mass is 9.94. The van der Waals surface area contributed by atoms with E-state index < -0.39 is 12.1 Å². The number of aliphatic hydroxyl groups is 1. The standard InChI is InChI=1S/C15H19NO3/c1-11(18)13-8-5-9-15(19)16(13)14(10-17)12-6-3-2-4-7-12/h2-4,6-7,13-14,17H,5,8-10H2,1H3/t13-,14-/m0/s1. The Labute approximate surface area is 113 Å². The average Bonchev–Trinajstić information content (AvgIpc) is 2.42. The lowest BCUT2D eigenvalue weighted by molar-refractivity contribution is -0.146. The summed E-state index contributed by atoms with van der Waals surface area (Å²) in [7, 11) is 0. The molecule has 1 N–H and O–H groups in total. The minimum atomic E-state index is -0.428. The number of amides is 1. The summed E-state index contributed by atoms with van der Waals surface area (Å²) >= 11 is 0. The van der Waals surface area contributed by atoms with Crippen LogP contribution in [0.2, 0.25) is 0 Å². The maximum atomic E-state index is 12.1. The van der Waals surface area contributed by atoms with Gasteiger partial charge in [0.1, 0.15) is 0 Å². The van der Waals surface area contributed by atoms with Gasteiger partial charge in [-0.3, -0.25) is 9.59 Å². The second-order valence-corrected chi connectivity index (χ2v) is 4.93. The average molecular weight is 261 g/mol. The van der Waals surface area contributed by atoms with Gasteiger partial charge in [-0.25, -0.2) is 0 Å². The van der Waals surface area contributed by atoms with E-state index in [1.165, 1.54) is 6.92 Å². The summed E-state index contributed by atoms with van der Waals surface area (Å²) in [5.74, 6) is -0.0585. The fourth-order valence-electron chi connectivity index (χ4n) is 2.71. The first-order valence-corrected chi connectivity index (χ1v) is 6.62. The second kappa shape index (κ2) is 5.97. The van der Waals surface area contributed by atoms with Crippen molar-refractivity contribution in [2.24, 2.45) is 0 Å². The minimum Gasteiger partial charge on any atom is -0.394 e. The maximum absolute atomic E-state index is 12.1. The molecular formula is C15H19NO3. The molecule has 4 nitrogen and oxygen atoms in total. The monoisotopic (exact) mass is 261 g/mol. The number of ketones is 1. The minimum absolute atomic E-state index is 0.0116. The van der Waals surface area contributed by atoms with Gasteiger partial charge in [-0.05, 0) is 25.3 Å². The zero-order chi connectivity index (χ0) is 13.8. The predicted molar refractivity (Wildman–Crippen MR) is 71.4 cm³/mol. The Kier molecular flexibility index (Phi) is 4.32. The smallest absolute Gasteiger partial charge is 0.223 e. The molecule has 19 heavy (non-hydrogen) atoms. The maximum Gasteiger partial charge on any atom is 0.223 e. The molecule has 0 radical (unpaired) electrons. The van der Waals surface area contributed by atoms with Crippen LogP contribution in [0.3, 0.4) is 0 Å². The Hall–Kier alpha value is -1.68. The largest absolute Gasteiger partial charge is 0.394 e. The molecule has 1 heterocycles. The molecule has 102 valence electrons. The Morgan fingerprint density at radius 2 is 2.11 bits per heavy atom. The van der Waals surface area contributed by atoms with Crippen LogP contribution in [-0.4, -0.2) is 34.3 Å². The normalized spacial score (nSPS) is 21.3. The van der Waals surface area contributed by atoms with E-state index >= 15 is 0 Å². The molecule has 1 amide bonds. The molecule has 0 saturated carbocycles. The highest BCUT2D eigenvalue weighted by Gasteiger charge is 2.36. The van der Waals surface area contributed by atoms with Gasteiger partial charge in [-0.15, -0.1) is 0 Å². The molecule has 1 aliphatic heterocycles. The zero-order valence-electron chi connectivity index (χ0n) is 11.1. The molecule has 4 heteroatoms. The molecule has 1 fully saturated rings. The molecule has 0 bridgehead atoms. The van der Waals surface area contributed by atoms with Crippen LogP contribution in [0, 0.1) is 0 Å². The van der Waals surface area contributed by atoms with E-state index in [0.29, 0.717) is 12.8 Å². The number of rotatable bonds is 4. The van der Waals surface area contributed by atoms with Crippen LogP contribution >= 0.6 is 0 Å². The summed E-state index contributed by atoms with van der Waals surface area (Å²) in [5, 5.41) is 9.64. The van der Waals surface area contributed by atoms with E-state index in [9.17, 15) is 14.7 Å². The number of hydrogen-bond acceptors (Lipinski definition) is 3. The first-order chi connectivity index (χ1) is 9.15. The van der Waals surface area contributed by atoms with Crippen molar-refractivity contribution < 1.29 is 14.7 Å². The number of likely N-dealkylation sites (tertiary alicyclic amines) is 1. The highest BCUT2D eigenvalue weighted by Crippen LogP contribution is 2.29. The Morgan fingerprint density at radius 3 is 2.68 bits per heavy atom. The van der Waals surface area contributed by atoms with Crippen LogP contribution in [0.1, 0.15) is 37.8 Å². The third-order valence-corrected chi connectivity index (χ3v) is 3.65. The summed E-state index contributed by atoms with van der Waals surface area (Å²) in [6, 6.07) is 8.55. The fraction of sp³-hybridized carbons (Fsp3) is 0.467. The molecule has 0 aliphatic carbocycles. The van der Waals surface area contributed by atoms with E-state index in [-0.39, 0.29) is 18.3 Å². The van der Waals surface area contributed by atoms with Gasteiger partial charge in [0.15, 0.2) is 5.78 Å². The predicted octanol–water partition coefficient (Wildman–Crippen LogP) is 1.69. The number of carbonyl (C=O) groups excluding carboxylic acids is 2. The molecule has 1 aromatic rings. The third kappa shape index (κ3) is 2.84. The van der Waals surface area contributed by atoms with Crippen LogP contribution < -0.4 is 0 Å². The van der Waals surface area contributed by atoms with Crippen molar-refractivity contribution in [3.8, 4) is 0 Å². The van der Waals surface area contributed by atoms with Crippen molar-refractivity contribution in [1.29, 1.82) is 0 Å². The number of piperidine rings is 1. The van der Waals surface area contributed by atoms with Gasteiger partial charge in [0.2, 0.25) is 5.91 Å². The van der Waals surface area contributed by atoms with Gasteiger partial charge < -0.3 is 10.0 Å². The highest BCUT2D eigenvalue weighted by atomic mass is 16.3. The molecule has 1 aromatic carbocycles. The summed E-state index contributed by atoms with van der Waals surface area (Å²) in [4.78, 5) is 25.4. The van der Waals surface area contributed by atoms with E-state index in [2.05, 4.69) is 0 Å². The first-order valence-electron chi connectivity index (χ1n) is 6.62. The molecular weight excluding hydrogens is 242 g/mol. The number of Topliss-reactive ketones (excluding diaryl/α,β-unsaturated/α-hetero) is 1. The number of carbonyl (C=O) groups is 2. The second-order valence-electron chi connectivity index (χ2n) is 4.93. The van der Waals surface area contributed by atoms with Crippen molar-refractivity contribution in [3.05, 3.63) is 35.9 Å². The van der Waals surface area contributed by atoms with Gasteiger partial charge in [0.05, 0.1) is 18.7 Å². The lowest BCUT2D eigenvalue weighted by Gasteiger charge is -2.39. The molecule has 2 atom stereocenters. The van der Waals surface area contributed by atoms with Crippen molar-refractivity contribution in [2.75, 3.05) is 6.61 Å². The number of nitrogens with zero attached hydrogens (tertiary/aromatic N) is 1. The summed E-state index contributed by atoms with van der Waals surface area (Å²) in [5.41, 5.74) is 0.867. The Morgan fingerprint density at radius 1 is 1.42 bits per heavy atom. The quantitative estimate of drug-likeness (QED) is 0.897. The summed E-state index contributed by atoms with van der Waals surface area (Å²) < 4.78 is 0. The number of aliphatic hydroxyl groups excluding tert-OH is 1. The number of benzene rings is 1. The Balaban J connectivity index is 2.33. The van der Waals surface area contributed by atoms with Crippen LogP contribution in [0.15, 0.2) is 30.3 Å². The number of hydrogen-bond donors (Lipinski definition) is 1. The van der Waals surface area contributed by atoms with E-state index in [4.69, 9.17) is 0 Å². The van der Waals surface area contributed by atoms with Gasteiger partial charge in [-0.1, -0.05) is 30.3 Å². The highest BCUT2D eigenvalue weighted by molar-refractivity contribution is 5.89. The van der Waals surface area contributed by atoms with Gasteiger partial charge in [0, 0.05) is 6.42 Å². The van der Waals surface area contributed by atoms with Crippen molar-refractivity contribution in [3.63, 3.8) is 0 Å². The molecule has 0 spiro atoms. The molecule has 0 unspecified atom stereocenters. The summed E-state index contributed by atoms with van der Waals surface area (Å²) in [6.07, 6.45) is 1.88. The summed E-state index contributed by atoms with van der Waals surface area (Å²) in [6.45, 7) is 1.34. The van der Waals surface area contributed by atoms with Crippen LogP contribution in [-0.2, 0) is 9.59 Å². The molecule has 2 rings (SSSR count). The first kappa shape index (κ1) is 13.7. The van der Waals surface area contributed by atoms with Gasteiger partial charge in [-0.2, -0.15) is 0 Å².